The van der Waals surface area contributed by atoms with Gasteiger partial charge in [-0.2, -0.15) is 0 Å². The van der Waals surface area contributed by atoms with Gasteiger partial charge in [0, 0.05) is 30.7 Å². The molecule has 0 N–H and O–H groups in total. The van der Waals surface area contributed by atoms with E-state index in [0.717, 1.165) is 22.7 Å². The Morgan fingerprint density at radius 2 is 1.15 bits per heavy atom. The third-order valence-corrected chi connectivity index (χ3v) is 8.67. The molecule has 1 aliphatic rings. The molecule has 1 aliphatic heterocycles. The fourth-order valence-electron chi connectivity index (χ4n) is 6.49. The van der Waals surface area contributed by atoms with Crippen LogP contribution in [0.3, 0.4) is 0 Å². The molecule has 6 rings (SSSR count). The monoisotopic (exact) mass is 613 g/mol. The van der Waals surface area contributed by atoms with Crippen molar-refractivity contribution in [2.45, 2.75) is 33.3 Å². The number of anilines is 4. The first kappa shape index (κ1) is 30.7. The summed E-state index contributed by atoms with van der Waals surface area (Å²) >= 11 is 0. The van der Waals surface area contributed by atoms with E-state index >= 15 is 0 Å². The maximum Gasteiger partial charge on any atom is 0.341 e. The fourth-order valence-corrected chi connectivity index (χ4v) is 6.49. The molecule has 0 saturated carbocycles. The molecule has 0 atom stereocenters. The van der Waals surface area contributed by atoms with Crippen LogP contribution >= 0.6 is 0 Å². The van der Waals surface area contributed by atoms with Gasteiger partial charge >= 0.3 is 5.97 Å². The van der Waals surface area contributed by atoms with E-state index in [1.807, 2.05) is 36.4 Å². The lowest BCUT2D eigenvalue weighted by molar-refractivity contribution is 0.0230. The van der Waals surface area contributed by atoms with Gasteiger partial charge in [-0.3, -0.25) is 4.98 Å². The highest BCUT2D eigenvalue weighted by molar-refractivity contribution is 5.96. The van der Waals surface area contributed by atoms with Crippen LogP contribution in [0.2, 0.25) is 0 Å². The minimum absolute atomic E-state index is 0.402. The Kier molecular flexibility index (Phi) is 8.41. The molecule has 234 valence electrons. The predicted octanol–water partition coefficient (Wildman–Crippen LogP) is 8.49. The quantitative estimate of drug-likeness (QED) is 0.146. The van der Waals surface area contributed by atoms with Crippen LogP contribution in [0.4, 0.5) is 22.7 Å². The maximum atomic E-state index is 13.7. The van der Waals surface area contributed by atoms with Crippen LogP contribution in [0.5, 0.6) is 11.5 Å². The van der Waals surface area contributed by atoms with Gasteiger partial charge in [-0.1, -0.05) is 59.7 Å². The number of benzene rings is 4. The molecule has 1 aromatic heterocycles. The second-order valence-corrected chi connectivity index (χ2v) is 11.3. The SMILES string of the molecule is CCN(c1ccc(C)cc1)c1cccc(C2(c3cccc(N(CC)c4ccc(C)cc4)c3OC)OC(=O)c3cccnc32)c1OC. The van der Waals surface area contributed by atoms with Crippen LogP contribution in [-0.2, 0) is 10.3 Å². The highest BCUT2D eigenvalue weighted by Gasteiger charge is 2.54. The Balaban J connectivity index is 1.64. The normalized spacial score (nSPS) is 13.1. The van der Waals surface area contributed by atoms with Gasteiger partial charge in [0.2, 0.25) is 5.60 Å². The van der Waals surface area contributed by atoms with Crippen molar-refractivity contribution in [1.29, 1.82) is 0 Å². The van der Waals surface area contributed by atoms with Gasteiger partial charge in [-0.15, -0.1) is 0 Å². The Morgan fingerprint density at radius 3 is 1.59 bits per heavy atom. The number of methoxy groups -OCH3 is 2. The fraction of sp³-hybridized carbons (Fsp3) is 0.231. The number of ether oxygens (including phenoxy) is 3. The second kappa shape index (κ2) is 12.6. The molecule has 0 unspecified atom stereocenters. The van der Waals surface area contributed by atoms with Crippen molar-refractivity contribution >= 4 is 28.7 Å². The molecule has 5 aromatic rings. The summed E-state index contributed by atoms with van der Waals surface area (Å²) < 4.78 is 19.1. The first-order chi connectivity index (χ1) is 22.4. The Hall–Kier alpha value is -5.30. The summed E-state index contributed by atoms with van der Waals surface area (Å²) in [5, 5.41) is 0. The molecular formula is C39H39N3O4. The number of fused-ring (bicyclic) bond motifs is 1. The minimum Gasteiger partial charge on any atom is -0.494 e. The molecule has 0 amide bonds. The molecule has 0 bridgehead atoms. The number of nitrogens with zero attached hydrogens (tertiary/aromatic N) is 3. The number of pyridine rings is 1. The van der Waals surface area contributed by atoms with Crippen molar-refractivity contribution in [3.05, 3.63) is 137 Å². The Labute approximate surface area is 271 Å². The molecule has 0 saturated heterocycles. The van der Waals surface area contributed by atoms with Crippen molar-refractivity contribution in [3.8, 4) is 11.5 Å². The summed E-state index contributed by atoms with van der Waals surface area (Å²) in [6.45, 7) is 9.72. The van der Waals surface area contributed by atoms with E-state index < -0.39 is 11.6 Å². The summed E-state index contributed by atoms with van der Waals surface area (Å²) in [5.74, 6) is 0.698. The zero-order valence-corrected chi connectivity index (χ0v) is 27.2. The number of rotatable bonds is 10. The average molecular weight is 614 g/mol. The van der Waals surface area contributed by atoms with Gasteiger partial charge < -0.3 is 24.0 Å². The lowest BCUT2D eigenvalue weighted by Crippen LogP contribution is -2.32. The van der Waals surface area contributed by atoms with Crippen molar-refractivity contribution in [2.75, 3.05) is 37.1 Å². The van der Waals surface area contributed by atoms with Gasteiger partial charge in [-0.05, 0) is 76.2 Å². The van der Waals surface area contributed by atoms with E-state index in [0.29, 0.717) is 47.0 Å². The van der Waals surface area contributed by atoms with Crippen LogP contribution in [0.15, 0.2) is 103 Å². The molecular weight excluding hydrogens is 574 g/mol. The van der Waals surface area contributed by atoms with E-state index in [4.69, 9.17) is 19.2 Å². The number of esters is 1. The van der Waals surface area contributed by atoms with Gasteiger partial charge in [0.1, 0.15) is 5.69 Å². The average Bonchev–Trinajstić information content (AvgIpc) is 3.39. The number of para-hydroxylation sites is 2. The van der Waals surface area contributed by atoms with Crippen molar-refractivity contribution in [3.63, 3.8) is 0 Å². The number of aryl methyl sites for hydroxylation is 2. The standard InChI is InChI=1S/C39H39N3O4/c1-7-41(28-21-17-26(3)18-22-28)33-15-9-13-31(35(33)44-5)39(37-30(38(43)46-39)12-11-25-40-37)32-14-10-16-34(36(32)45-6)42(8-2)29-23-19-27(4)20-24-29/h9-25H,7-8H2,1-6H3. The highest BCUT2D eigenvalue weighted by Crippen LogP contribution is 2.55. The molecule has 7 nitrogen and oxygen atoms in total. The molecule has 0 spiro atoms. The number of aromatic nitrogens is 1. The van der Waals surface area contributed by atoms with E-state index in [9.17, 15) is 4.79 Å². The first-order valence-corrected chi connectivity index (χ1v) is 15.6. The third kappa shape index (κ3) is 5.02. The van der Waals surface area contributed by atoms with E-state index in [1.54, 1.807) is 32.5 Å². The molecule has 0 fully saturated rings. The van der Waals surface area contributed by atoms with Crippen LogP contribution in [0.1, 0.15) is 52.2 Å². The number of hydrogen-bond acceptors (Lipinski definition) is 7. The van der Waals surface area contributed by atoms with Crippen LogP contribution in [0.25, 0.3) is 0 Å². The van der Waals surface area contributed by atoms with Crippen LogP contribution < -0.4 is 19.3 Å². The first-order valence-electron chi connectivity index (χ1n) is 15.6. The Bertz CT molecular complexity index is 1760. The highest BCUT2D eigenvalue weighted by atomic mass is 16.6. The van der Waals surface area contributed by atoms with Gasteiger partial charge in [0.15, 0.2) is 11.5 Å². The molecule has 46 heavy (non-hydrogen) atoms. The van der Waals surface area contributed by atoms with Crippen LogP contribution in [-0.4, -0.2) is 38.3 Å². The number of hydrogen-bond donors (Lipinski definition) is 0. The summed E-state index contributed by atoms with van der Waals surface area (Å²) in [7, 11) is 3.30. The molecule has 0 radical (unpaired) electrons. The number of carbonyl (C=O) groups is 1. The summed E-state index contributed by atoms with van der Waals surface area (Å²) in [6.07, 6.45) is 1.69. The zero-order valence-electron chi connectivity index (χ0n) is 27.2. The van der Waals surface area contributed by atoms with Crippen molar-refractivity contribution in [2.24, 2.45) is 0 Å². The molecule has 4 aromatic carbocycles. The van der Waals surface area contributed by atoms with Crippen molar-refractivity contribution < 1.29 is 19.0 Å². The predicted molar refractivity (Wildman–Crippen MR) is 183 cm³/mol. The molecule has 7 heteroatoms. The number of cyclic esters (lactones) is 1. The smallest absolute Gasteiger partial charge is 0.341 e. The Morgan fingerprint density at radius 1 is 0.674 bits per heavy atom. The van der Waals surface area contributed by atoms with E-state index in [1.165, 1.54) is 11.1 Å². The van der Waals surface area contributed by atoms with E-state index in [-0.39, 0.29) is 0 Å². The zero-order chi connectivity index (χ0) is 32.4. The largest absolute Gasteiger partial charge is 0.494 e. The summed E-state index contributed by atoms with van der Waals surface area (Å²) in [4.78, 5) is 22.9. The topological polar surface area (TPSA) is 64.1 Å². The second-order valence-electron chi connectivity index (χ2n) is 11.3. The van der Waals surface area contributed by atoms with Crippen molar-refractivity contribution in [1.82, 2.24) is 4.98 Å². The molecule has 2 heterocycles. The number of carbonyl (C=O) groups excluding carboxylic acids is 1. The van der Waals surface area contributed by atoms with Gasteiger partial charge in [-0.25, -0.2) is 4.79 Å². The maximum absolute atomic E-state index is 13.7. The lowest BCUT2D eigenvalue weighted by Gasteiger charge is -2.35. The van der Waals surface area contributed by atoms with Crippen LogP contribution in [0, 0.1) is 13.8 Å². The molecule has 0 aliphatic carbocycles. The van der Waals surface area contributed by atoms with Gasteiger partial charge in [0.05, 0.1) is 42.3 Å². The lowest BCUT2D eigenvalue weighted by atomic mass is 9.81. The van der Waals surface area contributed by atoms with E-state index in [2.05, 4.69) is 86.0 Å². The third-order valence-electron chi connectivity index (χ3n) is 8.67. The summed E-state index contributed by atoms with van der Waals surface area (Å²) in [6, 6.07) is 32.2. The summed E-state index contributed by atoms with van der Waals surface area (Å²) in [5.41, 5.74) is 6.82. The van der Waals surface area contributed by atoms with Gasteiger partial charge in [0.25, 0.3) is 0 Å². The minimum atomic E-state index is -1.46.